The van der Waals surface area contributed by atoms with E-state index >= 15 is 0 Å². The van der Waals surface area contributed by atoms with Gasteiger partial charge >= 0.3 is 0 Å². The van der Waals surface area contributed by atoms with E-state index in [2.05, 4.69) is 16.9 Å². The highest BCUT2D eigenvalue weighted by atomic mass is 32.2. The SMILES string of the molecule is C=CCSc1ccccc1NC(=O)COCc1nc2ccccc2s1. The number of rotatable bonds is 8. The standard InChI is InChI=1S/C19H18N2O2S2/c1-2-11-24-16-9-5-3-7-14(16)20-18(22)12-23-13-19-21-15-8-4-6-10-17(15)25-19/h2-10H,1,11-13H2,(H,20,22). The van der Waals surface area contributed by atoms with Crippen molar-refractivity contribution in [2.45, 2.75) is 11.5 Å². The Morgan fingerprint density at radius 1 is 1.24 bits per heavy atom. The third kappa shape index (κ3) is 4.92. The minimum Gasteiger partial charge on any atom is -0.364 e. The number of nitrogens with one attached hydrogen (secondary N) is 1. The summed E-state index contributed by atoms with van der Waals surface area (Å²) in [5.41, 5.74) is 1.76. The summed E-state index contributed by atoms with van der Waals surface area (Å²) in [5, 5.41) is 3.77. The quantitative estimate of drug-likeness (QED) is 0.460. The molecule has 0 spiro atoms. The number of carbonyl (C=O) groups is 1. The molecule has 0 aliphatic rings. The number of amides is 1. The van der Waals surface area contributed by atoms with Gasteiger partial charge in [-0.3, -0.25) is 4.79 Å². The van der Waals surface area contributed by atoms with Gasteiger partial charge in [0.2, 0.25) is 5.91 Å². The van der Waals surface area contributed by atoms with E-state index in [4.69, 9.17) is 4.74 Å². The molecule has 0 saturated carbocycles. The molecule has 0 saturated heterocycles. The number of thioether (sulfide) groups is 1. The molecule has 0 atom stereocenters. The second kappa shape index (κ2) is 8.80. The van der Waals surface area contributed by atoms with Gasteiger partial charge in [-0.1, -0.05) is 30.3 Å². The number of ether oxygens (including phenoxy) is 1. The van der Waals surface area contributed by atoms with Crippen LogP contribution >= 0.6 is 23.1 Å². The Hall–Kier alpha value is -2.15. The van der Waals surface area contributed by atoms with Gasteiger partial charge < -0.3 is 10.1 Å². The number of hydrogen-bond acceptors (Lipinski definition) is 5. The highest BCUT2D eigenvalue weighted by Crippen LogP contribution is 2.27. The lowest BCUT2D eigenvalue weighted by atomic mass is 10.3. The van der Waals surface area contributed by atoms with Gasteiger partial charge in [-0.2, -0.15) is 0 Å². The molecule has 3 aromatic rings. The molecule has 0 aliphatic heterocycles. The molecule has 1 amide bonds. The Morgan fingerprint density at radius 3 is 2.88 bits per heavy atom. The molecule has 1 N–H and O–H groups in total. The molecular formula is C19H18N2O2S2. The first kappa shape index (κ1) is 17.7. The molecule has 0 radical (unpaired) electrons. The number of benzene rings is 2. The first-order chi connectivity index (χ1) is 12.3. The molecular weight excluding hydrogens is 352 g/mol. The smallest absolute Gasteiger partial charge is 0.250 e. The van der Waals surface area contributed by atoms with Crippen molar-refractivity contribution in [1.82, 2.24) is 4.98 Å². The van der Waals surface area contributed by atoms with Crippen molar-refractivity contribution in [1.29, 1.82) is 0 Å². The molecule has 128 valence electrons. The van der Waals surface area contributed by atoms with E-state index < -0.39 is 0 Å². The van der Waals surface area contributed by atoms with Gasteiger partial charge in [-0.25, -0.2) is 4.98 Å². The lowest BCUT2D eigenvalue weighted by molar-refractivity contribution is -0.121. The molecule has 25 heavy (non-hydrogen) atoms. The number of thiazole rings is 1. The summed E-state index contributed by atoms with van der Waals surface area (Å²) in [4.78, 5) is 17.6. The van der Waals surface area contributed by atoms with Gasteiger partial charge in [-0.05, 0) is 24.3 Å². The Balaban J connectivity index is 1.52. The van der Waals surface area contributed by atoms with Crippen molar-refractivity contribution in [3.05, 3.63) is 66.2 Å². The summed E-state index contributed by atoms with van der Waals surface area (Å²) >= 11 is 3.21. The number of fused-ring (bicyclic) bond motifs is 1. The topological polar surface area (TPSA) is 51.2 Å². The van der Waals surface area contributed by atoms with Crippen LogP contribution in [0.4, 0.5) is 5.69 Å². The fraction of sp³-hybridized carbons (Fsp3) is 0.158. The summed E-state index contributed by atoms with van der Waals surface area (Å²) in [6.07, 6.45) is 1.84. The van der Waals surface area contributed by atoms with Crippen LogP contribution in [0.5, 0.6) is 0 Å². The number of aromatic nitrogens is 1. The highest BCUT2D eigenvalue weighted by Gasteiger charge is 2.08. The van der Waals surface area contributed by atoms with Crippen LogP contribution in [0.15, 0.2) is 66.1 Å². The molecule has 0 fully saturated rings. The van der Waals surface area contributed by atoms with Gasteiger partial charge in [0.05, 0.1) is 22.5 Å². The monoisotopic (exact) mass is 370 g/mol. The fourth-order valence-corrected chi connectivity index (χ4v) is 3.90. The summed E-state index contributed by atoms with van der Waals surface area (Å²) in [6.45, 7) is 4.05. The number of nitrogens with zero attached hydrogens (tertiary/aromatic N) is 1. The highest BCUT2D eigenvalue weighted by molar-refractivity contribution is 7.99. The first-order valence-electron chi connectivity index (χ1n) is 7.81. The molecule has 2 aromatic carbocycles. The average Bonchev–Trinajstić information content (AvgIpc) is 3.03. The molecule has 0 aliphatic carbocycles. The second-order valence-corrected chi connectivity index (χ2v) is 7.39. The van der Waals surface area contributed by atoms with Gasteiger partial charge in [0.1, 0.15) is 11.6 Å². The zero-order valence-corrected chi connectivity index (χ0v) is 15.2. The van der Waals surface area contributed by atoms with E-state index in [1.165, 1.54) is 0 Å². The van der Waals surface area contributed by atoms with Crippen molar-refractivity contribution >= 4 is 44.9 Å². The number of carbonyl (C=O) groups excluding carboxylic acids is 1. The third-order valence-corrected chi connectivity index (χ3v) is 5.39. The van der Waals surface area contributed by atoms with Crippen molar-refractivity contribution in [3.63, 3.8) is 0 Å². The predicted octanol–water partition coefficient (Wildman–Crippen LogP) is 4.73. The first-order valence-corrected chi connectivity index (χ1v) is 9.61. The minimum atomic E-state index is -0.173. The summed E-state index contributed by atoms with van der Waals surface area (Å²) in [6, 6.07) is 15.7. The minimum absolute atomic E-state index is 0.00359. The van der Waals surface area contributed by atoms with Gasteiger partial charge in [0.25, 0.3) is 0 Å². The molecule has 1 aromatic heterocycles. The van der Waals surface area contributed by atoms with E-state index in [9.17, 15) is 4.79 Å². The summed E-state index contributed by atoms with van der Waals surface area (Å²) < 4.78 is 6.64. The average molecular weight is 370 g/mol. The van der Waals surface area contributed by atoms with E-state index in [1.807, 2.05) is 54.6 Å². The number of anilines is 1. The van der Waals surface area contributed by atoms with Crippen LogP contribution < -0.4 is 5.32 Å². The van der Waals surface area contributed by atoms with Crippen molar-refractivity contribution in [2.75, 3.05) is 17.7 Å². The second-order valence-electron chi connectivity index (χ2n) is 5.21. The molecule has 3 rings (SSSR count). The number of hydrogen-bond donors (Lipinski definition) is 1. The summed E-state index contributed by atoms with van der Waals surface area (Å²) in [7, 11) is 0. The normalized spacial score (nSPS) is 10.7. The van der Waals surface area contributed by atoms with E-state index in [1.54, 1.807) is 23.1 Å². The summed E-state index contributed by atoms with van der Waals surface area (Å²) in [5.74, 6) is 0.619. The molecule has 4 nitrogen and oxygen atoms in total. The Labute approximate surface area is 154 Å². The fourth-order valence-electron chi connectivity index (χ4n) is 2.24. The maximum absolute atomic E-state index is 12.1. The molecule has 0 bridgehead atoms. The largest absolute Gasteiger partial charge is 0.364 e. The van der Waals surface area contributed by atoms with Crippen LogP contribution in [0.1, 0.15) is 5.01 Å². The van der Waals surface area contributed by atoms with Crippen LogP contribution in [0, 0.1) is 0 Å². The van der Waals surface area contributed by atoms with Crippen LogP contribution in [0.3, 0.4) is 0 Å². The van der Waals surface area contributed by atoms with Crippen molar-refractivity contribution in [2.24, 2.45) is 0 Å². The van der Waals surface area contributed by atoms with Crippen molar-refractivity contribution in [3.8, 4) is 0 Å². The predicted molar refractivity (Wildman–Crippen MR) is 105 cm³/mol. The van der Waals surface area contributed by atoms with Crippen LogP contribution in [0.25, 0.3) is 10.2 Å². The molecule has 6 heteroatoms. The third-order valence-electron chi connectivity index (χ3n) is 3.31. The Kier molecular flexibility index (Phi) is 6.22. The van der Waals surface area contributed by atoms with Crippen LogP contribution in [-0.2, 0) is 16.1 Å². The van der Waals surface area contributed by atoms with E-state index in [0.29, 0.717) is 6.61 Å². The van der Waals surface area contributed by atoms with Crippen molar-refractivity contribution < 1.29 is 9.53 Å². The maximum Gasteiger partial charge on any atom is 0.250 e. The molecule has 1 heterocycles. The van der Waals surface area contributed by atoms with E-state index in [0.717, 1.165) is 31.6 Å². The Bertz CT molecular complexity index is 843. The van der Waals surface area contributed by atoms with E-state index in [-0.39, 0.29) is 12.5 Å². The maximum atomic E-state index is 12.1. The van der Waals surface area contributed by atoms with Gasteiger partial charge in [-0.15, -0.1) is 29.7 Å². The zero-order chi connectivity index (χ0) is 17.5. The lowest BCUT2D eigenvalue weighted by Crippen LogP contribution is -2.18. The zero-order valence-electron chi connectivity index (χ0n) is 13.6. The Morgan fingerprint density at radius 2 is 2.04 bits per heavy atom. The lowest BCUT2D eigenvalue weighted by Gasteiger charge is -2.10. The van der Waals surface area contributed by atoms with Crippen LogP contribution in [0.2, 0.25) is 0 Å². The molecule has 0 unspecified atom stereocenters. The van der Waals surface area contributed by atoms with Gasteiger partial charge in [0, 0.05) is 10.6 Å². The number of para-hydroxylation sites is 2. The van der Waals surface area contributed by atoms with Gasteiger partial charge in [0.15, 0.2) is 0 Å². The van der Waals surface area contributed by atoms with Crippen LogP contribution in [-0.4, -0.2) is 23.3 Å².